The van der Waals surface area contributed by atoms with Crippen molar-refractivity contribution in [2.24, 2.45) is 0 Å². The summed E-state index contributed by atoms with van der Waals surface area (Å²) in [4.78, 5) is 37.7. The van der Waals surface area contributed by atoms with E-state index in [2.05, 4.69) is 89.9 Å². The average Bonchev–Trinajstić information content (AvgIpc) is 2.95. The minimum atomic E-state index is -0.575. The molecule has 0 aromatic heterocycles. The lowest BCUT2D eigenvalue weighted by Gasteiger charge is -2.36. The fourth-order valence-electron chi connectivity index (χ4n) is 4.02. The SMILES string of the molecule is CC/C=C\C/C=C\C/C=C\C/C=C\C/C=C\C/C=C\CCC(=O)N1CCCCC1CNC(=O)/C=C/C(=O)OC. The van der Waals surface area contributed by atoms with Gasteiger partial charge in [-0.3, -0.25) is 9.59 Å². The number of methoxy groups -OCH3 is 1. The summed E-state index contributed by atoms with van der Waals surface area (Å²) in [6.07, 6.45) is 38.2. The third-order valence-corrected chi connectivity index (χ3v) is 6.15. The van der Waals surface area contributed by atoms with Gasteiger partial charge >= 0.3 is 5.97 Å². The van der Waals surface area contributed by atoms with Crippen LogP contribution in [0.3, 0.4) is 0 Å². The third-order valence-electron chi connectivity index (χ3n) is 6.15. The van der Waals surface area contributed by atoms with Crippen LogP contribution in [0.4, 0.5) is 0 Å². The van der Waals surface area contributed by atoms with Crippen molar-refractivity contribution in [3.63, 3.8) is 0 Å². The predicted molar refractivity (Wildman–Crippen MR) is 161 cm³/mol. The van der Waals surface area contributed by atoms with Gasteiger partial charge in [-0.2, -0.15) is 0 Å². The van der Waals surface area contributed by atoms with Crippen molar-refractivity contribution in [2.75, 3.05) is 20.2 Å². The van der Waals surface area contributed by atoms with E-state index in [9.17, 15) is 14.4 Å². The van der Waals surface area contributed by atoms with E-state index >= 15 is 0 Å². The van der Waals surface area contributed by atoms with Crippen LogP contribution in [0, 0.1) is 0 Å². The molecule has 0 radical (unpaired) electrons. The second-order valence-corrected chi connectivity index (χ2v) is 9.29. The highest BCUT2D eigenvalue weighted by Gasteiger charge is 2.26. The van der Waals surface area contributed by atoms with E-state index in [1.54, 1.807) is 0 Å². The lowest BCUT2D eigenvalue weighted by atomic mass is 10.0. The van der Waals surface area contributed by atoms with E-state index in [1.165, 1.54) is 7.11 Å². The first-order chi connectivity index (χ1) is 19.1. The monoisotopic (exact) mass is 536 g/mol. The Morgan fingerprint density at radius 3 is 1.85 bits per heavy atom. The van der Waals surface area contributed by atoms with Crippen LogP contribution in [-0.2, 0) is 19.1 Å². The van der Waals surface area contributed by atoms with E-state index in [1.807, 2.05) is 4.90 Å². The highest BCUT2D eigenvalue weighted by molar-refractivity contribution is 5.94. The molecule has 0 aromatic rings. The van der Waals surface area contributed by atoms with Crippen molar-refractivity contribution in [3.05, 3.63) is 85.1 Å². The third kappa shape index (κ3) is 18.5. The number of allylic oxidation sites excluding steroid dienone is 12. The number of nitrogens with one attached hydrogen (secondary N) is 1. The van der Waals surface area contributed by atoms with Crippen molar-refractivity contribution in [2.45, 2.75) is 83.6 Å². The molecule has 1 aliphatic heterocycles. The van der Waals surface area contributed by atoms with Crippen molar-refractivity contribution in [1.82, 2.24) is 10.2 Å². The van der Waals surface area contributed by atoms with Crippen LogP contribution in [0.15, 0.2) is 85.1 Å². The topological polar surface area (TPSA) is 75.7 Å². The van der Waals surface area contributed by atoms with Gasteiger partial charge in [0.2, 0.25) is 11.8 Å². The number of likely N-dealkylation sites (tertiary alicyclic amines) is 1. The number of carbonyl (C=O) groups is 3. The second kappa shape index (κ2) is 23.7. The number of esters is 1. The summed E-state index contributed by atoms with van der Waals surface area (Å²) in [5.74, 6) is -0.816. The first kappa shape index (κ1) is 33.6. The van der Waals surface area contributed by atoms with Gasteiger partial charge in [0.25, 0.3) is 0 Å². The maximum atomic E-state index is 12.8. The molecule has 1 aliphatic rings. The highest BCUT2D eigenvalue weighted by atomic mass is 16.5. The summed E-state index contributed by atoms with van der Waals surface area (Å²) in [6, 6.07) is -0.00741. The maximum Gasteiger partial charge on any atom is 0.330 e. The molecule has 1 atom stereocenters. The Bertz CT molecular complexity index is 909. The molecule has 39 heavy (non-hydrogen) atoms. The fourth-order valence-corrected chi connectivity index (χ4v) is 4.02. The fraction of sp³-hybridized carbons (Fsp3) is 0.485. The predicted octanol–water partition coefficient (Wildman–Crippen LogP) is 6.69. The molecule has 6 nitrogen and oxygen atoms in total. The normalized spacial score (nSPS) is 16.8. The van der Waals surface area contributed by atoms with E-state index in [0.29, 0.717) is 19.4 Å². The summed E-state index contributed by atoms with van der Waals surface area (Å²) in [6.45, 7) is 3.26. The molecule has 0 aliphatic carbocycles. The summed E-state index contributed by atoms with van der Waals surface area (Å²) in [5.41, 5.74) is 0. The number of amides is 2. The van der Waals surface area contributed by atoms with Crippen molar-refractivity contribution >= 4 is 17.8 Å². The van der Waals surface area contributed by atoms with Crippen LogP contribution in [0.5, 0.6) is 0 Å². The quantitative estimate of drug-likeness (QED) is 0.120. The Hall–Kier alpha value is -3.41. The minimum Gasteiger partial charge on any atom is -0.466 e. The Morgan fingerprint density at radius 2 is 1.31 bits per heavy atom. The van der Waals surface area contributed by atoms with Gasteiger partial charge in [0.1, 0.15) is 0 Å². The Labute approximate surface area is 235 Å². The van der Waals surface area contributed by atoms with Crippen LogP contribution in [-0.4, -0.2) is 48.9 Å². The molecule has 0 saturated carbocycles. The Morgan fingerprint density at radius 1 is 0.769 bits per heavy atom. The number of hydrogen-bond donors (Lipinski definition) is 1. The first-order valence-corrected chi connectivity index (χ1v) is 14.3. The molecule has 0 spiro atoms. The summed E-state index contributed by atoms with van der Waals surface area (Å²) >= 11 is 0. The molecule has 1 heterocycles. The summed E-state index contributed by atoms with van der Waals surface area (Å²) in [7, 11) is 1.26. The molecule has 1 N–H and O–H groups in total. The maximum absolute atomic E-state index is 12.8. The highest BCUT2D eigenvalue weighted by Crippen LogP contribution is 2.18. The van der Waals surface area contributed by atoms with E-state index < -0.39 is 5.97 Å². The standard InChI is InChI=1S/C33H48N2O4/c1-3-4-5-6-7-8-9-10-11-12-13-14-15-16-17-18-19-20-21-25-32(37)35-28-23-22-24-30(35)29-34-31(36)26-27-33(38)39-2/h4-5,7-8,10-11,13-14,16-17,19-20,26-27,30H,3,6,9,12,15,18,21-25,28-29H2,1-2H3,(H,34,36)/b5-4-,8-7-,11-10-,14-13-,17-16-,20-19-,27-26+. The molecule has 214 valence electrons. The van der Waals surface area contributed by atoms with E-state index in [-0.39, 0.29) is 17.9 Å². The Balaban J connectivity index is 2.19. The molecule has 0 bridgehead atoms. The zero-order valence-electron chi connectivity index (χ0n) is 23.9. The second-order valence-electron chi connectivity index (χ2n) is 9.29. The molecular weight excluding hydrogens is 488 g/mol. The number of ether oxygens (including phenoxy) is 1. The van der Waals surface area contributed by atoms with Gasteiger partial charge in [-0.25, -0.2) is 4.79 Å². The van der Waals surface area contributed by atoms with Crippen LogP contribution in [0.2, 0.25) is 0 Å². The van der Waals surface area contributed by atoms with Gasteiger partial charge in [-0.15, -0.1) is 0 Å². The summed E-state index contributed by atoms with van der Waals surface area (Å²) in [5, 5.41) is 2.78. The molecule has 6 heteroatoms. The number of rotatable bonds is 18. The molecule has 2 amide bonds. The number of nitrogens with zero attached hydrogens (tertiary/aromatic N) is 1. The summed E-state index contributed by atoms with van der Waals surface area (Å²) < 4.78 is 4.48. The van der Waals surface area contributed by atoms with Gasteiger partial charge in [-0.05, 0) is 64.2 Å². The molecule has 1 saturated heterocycles. The molecule has 1 rings (SSSR count). The van der Waals surface area contributed by atoms with Crippen LogP contribution >= 0.6 is 0 Å². The molecule has 1 unspecified atom stereocenters. The largest absolute Gasteiger partial charge is 0.466 e. The molecular formula is C33H48N2O4. The lowest BCUT2D eigenvalue weighted by molar-refractivity contribution is -0.135. The van der Waals surface area contributed by atoms with Crippen LogP contribution in [0.1, 0.15) is 77.6 Å². The molecule has 0 aromatic carbocycles. The van der Waals surface area contributed by atoms with Gasteiger partial charge in [0.05, 0.1) is 7.11 Å². The van der Waals surface area contributed by atoms with Crippen LogP contribution in [0.25, 0.3) is 0 Å². The van der Waals surface area contributed by atoms with Gasteiger partial charge < -0.3 is 15.0 Å². The lowest BCUT2D eigenvalue weighted by Crippen LogP contribution is -2.49. The average molecular weight is 537 g/mol. The van der Waals surface area contributed by atoms with E-state index in [4.69, 9.17) is 0 Å². The number of hydrogen-bond acceptors (Lipinski definition) is 4. The minimum absolute atomic E-state index is 0.00741. The van der Waals surface area contributed by atoms with Crippen LogP contribution < -0.4 is 5.32 Å². The van der Waals surface area contributed by atoms with E-state index in [0.717, 1.165) is 76.5 Å². The van der Waals surface area contributed by atoms with Gasteiger partial charge in [-0.1, -0.05) is 79.8 Å². The number of piperidine rings is 1. The van der Waals surface area contributed by atoms with Crippen molar-refractivity contribution in [3.8, 4) is 0 Å². The zero-order chi connectivity index (χ0) is 28.4. The molecule has 1 fully saturated rings. The Kier molecular flexibility index (Phi) is 20.4. The van der Waals surface area contributed by atoms with Gasteiger partial charge in [0.15, 0.2) is 0 Å². The van der Waals surface area contributed by atoms with Crippen molar-refractivity contribution in [1.29, 1.82) is 0 Å². The zero-order valence-corrected chi connectivity index (χ0v) is 23.9. The van der Waals surface area contributed by atoms with Crippen molar-refractivity contribution < 1.29 is 19.1 Å². The first-order valence-electron chi connectivity index (χ1n) is 14.3. The van der Waals surface area contributed by atoms with Gasteiger partial charge in [0, 0.05) is 37.7 Å². The smallest absolute Gasteiger partial charge is 0.330 e. The number of carbonyl (C=O) groups excluding carboxylic acids is 3.